The number of hydrogen-bond donors (Lipinski definition) is 2. The predicted octanol–water partition coefficient (Wildman–Crippen LogP) is 3.52. The Labute approximate surface area is 163 Å². The monoisotopic (exact) mass is 375 g/mol. The summed E-state index contributed by atoms with van der Waals surface area (Å²) in [5, 5.41) is 10.5. The maximum atomic E-state index is 13.3. The van der Waals surface area contributed by atoms with Crippen LogP contribution < -0.4 is 15.4 Å². The van der Waals surface area contributed by atoms with Crippen molar-refractivity contribution in [3.05, 3.63) is 77.3 Å². The van der Waals surface area contributed by atoms with Gasteiger partial charge in [-0.15, -0.1) is 0 Å². The second kappa shape index (κ2) is 7.19. The first kappa shape index (κ1) is 17.8. The van der Waals surface area contributed by atoms with Crippen LogP contribution in [0.2, 0.25) is 0 Å². The van der Waals surface area contributed by atoms with Crippen molar-refractivity contribution < 1.29 is 9.53 Å². The normalized spacial score (nSPS) is 15.6. The van der Waals surface area contributed by atoms with Crippen molar-refractivity contribution in [2.75, 3.05) is 17.7 Å². The fraction of sp³-hybridized carbons (Fsp3) is 0.190. The fourth-order valence-electron chi connectivity index (χ4n) is 3.43. The highest BCUT2D eigenvalue weighted by Crippen LogP contribution is 2.36. The van der Waals surface area contributed by atoms with E-state index in [-0.39, 0.29) is 5.91 Å². The Bertz CT molecular complexity index is 1070. The van der Waals surface area contributed by atoms with Gasteiger partial charge in [0.15, 0.2) is 0 Å². The third kappa shape index (κ3) is 3.22. The molecule has 4 rings (SSSR count). The molecular formula is C21H21N5O2. The summed E-state index contributed by atoms with van der Waals surface area (Å²) < 4.78 is 7.08. The molecule has 7 nitrogen and oxygen atoms in total. The first-order valence-electron chi connectivity index (χ1n) is 8.96. The maximum absolute atomic E-state index is 13.3. The van der Waals surface area contributed by atoms with Crippen molar-refractivity contribution in [1.82, 2.24) is 14.8 Å². The number of nitrogens with one attached hydrogen (secondary N) is 2. The molecule has 0 saturated heterocycles. The topological polar surface area (TPSA) is 81.1 Å². The van der Waals surface area contributed by atoms with E-state index in [0.717, 1.165) is 22.5 Å². The zero-order chi connectivity index (χ0) is 19.7. The van der Waals surface area contributed by atoms with Gasteiger partial charge < -0.3 is 15.4 Å². The highest BCUT2D eigenvalue weighted by molar-refractivity contribution is 6.06. The minimum absolute atomic E-state index is 0.190. The van der Waals surface area contributed by atoms with Gasteiger partial charge in [0.2, 0.25) is 5.95 Å². The number of fused-ring (bicyclic) bond motifs is 1. The van der Waals surface area contributed by atoms with E-state index in [2.05, 4.69) is 20.7 Å². The van der Waals surface area contributed by atoms with Crippen molar-refractivity contribution in [1.29, 1.82) is 0 Å². The Balaban J connectivity index is 1.77. The zero-order valence-corrected chi connectivity index (χ0v) is 15.9. The molecule has 1 aliphatic rings. The Kier molecular flexibility index (Phi) is 4.57. The summed E-state index contributed by atoms with van der Waals surface area (Å²) in [7, 11) is 1.62. The molecule has 1 aromatic heterocycles. The summed E-state index contributed by atoms with van der Waals surface area (Å²) in [6.45, 7) is 3.86. The molecule has 7 heteroatoms. The van der Waals surface area contributed by atoms with Gasteiger partial charge >= 0.3 is 0 Å². The first-order valence-corrected chi connectivity index (χ1v) is 8.96. The minimum Gasteiger partial charge on any atom is -0.497 e. The van der Waals surface area contributed by atoms with E-state index < -0.39 is 6.04 Å². The fourth-order valence-corrected chi connectivity index (χ4v) is 3.43. The molecule has 0 aliphatic carbocycles. The number of benzene rings is 2. The van der Waals surface area contributed by atoms with Crippen LogP contribution in [0.15, 0.2) is 66.1 Å². The number of allylic oxidation sites excluding steroid dienone is 1. The Hall–Kier alpha value is -3.61. The molecule has 0 radical (unpaired) electrons. The quantitative estimate of drug-likeness (QED) is 0.729. The Morgan fingerprint density at radius 1 is 1.18 bits per heavy atom. The lowest BCUT2D eigenvalue weighted by Crippen LogP contribution is -2.31. The second-order valence-electron chi connectivity index (χ2n) is 6.69. The maximum Gasteiger partial charge on any atom is 0.255 e. The van der Waals surface area contributed by atoms with Crippen molar-refractivity contribution in [2.24, 2.45) is 0 Å². The average molecular weight is 375 g/mol. The Morgan fingerprint density at radius 2 is 2.00 bits per heavy atom. The van der Waals surface area contributed by atoms with E-state index in [1.165, 1.54) is 6.33 Å². The predicted molar refractivity (Wildman–Crippen MR) is 107 cm³/mol. The summed E-state index contributed by atoms with van der Waals surface area (Å²) in [4.78, 5) is 17.5. The molecular weight excluding hydrogens is 354 g/mol. The first-order chi connectivity index (χ1) is 13.6. The van der Waals surface area contributed by atoms with Gasteiger partial charge in [0, 0.05) is 11.4 Å². The van der Waals surface area contributed by atoms with E-state index >= 15 is 0 Å². The number of hydrogen-bond acceptors (Lipinski definition) is 5. The molecule has 1 unspecified atom stereocenters. The Morgan fingerprint density at radius 3 is 2.79 bits per heavy atom. The lowest BCUT2D eigenvalue weighted by molar-refractivity contribution is -0.113. The molecule has 0 fully saturated rings. The lowest BCUT2D eigenvalue weighted by atomic mass is 9.95. The smallest absolute Gasteiger partial charge is 0.255 e. The molecule has 2 heterocycles. The van der Waals surface area contributed by atoms with Crippen molar-refractivity contribution in [3.8, 4) is 5.75 Å². The van der Waals surface area contributed by atoms with Crippen LogP contribution in [0.1, 0.15) is 24.1 Å². The summed E-state index contributed by atoms with van der Waals surface area (Å²) in [5.41, 5.74) is 4.03. The van der Waals surface area contributed by atoms with Crippen molar-refractivity contribution >= 4 is 17.5 Å². The third-order valence-electron chi connectivity index (χ3n) is 4.72. The number of aryl methyl sites for hydroxylation is 1. The van der Waals surface area contributed by atoms with E-state index in [4.69, 9.17) is 4.74 Å². The molecule has 28 heavy (non-hydrogen) atoms. The molecule has 2 N–H and O–H groups in total. The number of rotatable bonds is 4. The standard InChI is InChI=1S/C21H21N5O2/c1-13-6-4-8-16(10-13)25-20(27)18-14(2)24-21-22-12-23-26(21)19(18)15-7-5-9-17(11-15)28-3/h4-12,19H,1-3H3,(H,25,27)(H,22,23,24). The van der Waals surface area contributed by atoms with Crippen molar-refractivity contribution in [2.45, 2.75) is 19.9 Å². The van der Waals surface area contributed by atoms with Crippen LogP contribution in [0.4, 0.5) is 11.6 Å². The highest BCUT2D eigenvalue weighted by Gasteiger charge is 2.33. The van der Waals surface area contributed by atoms with Crippen LogP contribution in [0, 0.1) is 6.92 Å². The zero-order valence-electron chi connectivity index (χ0n) is 15.9. The molecule has 0 bridgehead atoms. The van der Waals surface area contributed by atoms with Crippen LogP contribution in [0.25, 0.3) is 0 Å². The molecule has 2 aromatic carbocycles. The average Bonchev–Trinajstić information content (AvgIpc) is 3.14. The highest BCUT2D eigenvalue weighted by atomic mass is 16.5. The minimum atomic E-state index is -0.418. The number of amides is 1. The molecule has 0 spiro atoms. The van der Waals surface area contributed by atoms with Crippen LogP contribution in [0.3, 0.4) is 0 Å². The summed E-state index contributed by atoms with van der Waals surface area (Å²) in [6.07, 6.45) is 1.48. The molecule has 1 atom stereocenters. The van der Waals surface area contributed by atoms with Gasteiger partial charge in [0.05, 0.1) is 12.7 Å². The van der Waals surface area contributed by atoms with Gasteiger partial charge in [-0.1, -0.05) is 24.3 Å². The largest absolute Gasteiger partial charge is 0.497 e. The summed E-state index contributed by atoms with van der Waals surface area (Å²) in [6, 6.07) is 14.9. The van der Waals surface area contributed by atoms with Gasteiger partial charge in [0.25, 0.3) is 5.91 Å². The van der Waals surface area contributed by atoms with Crippen LogP contribution >= 0.6 is 0 Å². The number of anilines is 2. The van der Waals surface area contributed by atoms with Gasteiger partial charge in [-0.3, -0.25) is 4.79 Å². The van der Waals surface area contributed by atoms with Crippen LogP contribution in [0.5, 0.6) is 5.75 Å². The number of carbonyl (C=O) groups is 1. The van der Waals surface area contributed by atoms with Gasteiger partial charge in [0.1, 0.15) is 18.1 Å². The van der Waals surface area contributed by atoms with Crippen LogP contribution in [-0.2, 0) is 4.79 Å². The van der Waals surface area contributed by atoms with E-state index in [0.29, 0.717) is 17.3 Å². The number of methoxy groups -OCH3 is 1. The molecule has 1 amide bonds. The molecule has 3 aromatic rings. The van der Waals surface area contributed by atoms with Gasteiger partial charge in [-0.2, -0.15) is 10.1 Å². The molecule has 142 valence electrons. The third-order valence-corrected chi connectivity index (χ3v) is 4.72. The SMILES string of the molecule is COc1cccc(C2C(C(=O)Nc3cccc(C)c3)=C(C)Nc3ncnn32)c1. The summed E-state index contributed by atoms with van der Waals surface area (Å²) >= 11 is 0. The van der Waals surface area contributed by atoms with E-state index in [1.54, 1.807) is 11.8 Å². The van der Waals surface area contributed by atoms with Gasteiger partial charge in [-0.25, -0.2) is 4.68 Å². The second-order valence-corrected chi connectivity index (χ2v) is 6.69. The van der Waals surface area contributed by atoms with Crippen LogP contribution in [-0.4, -0.2) is 27.8 Å². The van der Waals surface area contributed by atoms with Gasteiger partial charge in [-0.05, 0) is 49.2 Å². The van der Waals surface area contributed by atoms with E-state index in [1.807, 2.05) is 62.4 Å². The molecule has 0 saturated carbocycles. The van der Waals surface area contributed by atoms with Crippen molar-refractivity contribution in [3.63, 3.8) is 0 Å². The summed E-state index contributed by atoms with van der Waals surface area (Å²) in [5.74, 6) is 1.12. The number of ether oxygens (including phenoxy) is 1. The molecule has 1 aliphatic heterocycles. The number of aromatic nitrogens is 3. The van der Waals surface area contributed by atoms with E-state index in [9.17, 15) is 4.79 Å². The number of carbonyl (C=O) groups excluding carboxylic acids is 1. The number of nitrogens with zero attached hydrogens (tertiary/aromatic N) is 3. The lowest BCUT2D eigenvalue weighted by Gasteiger charge is -2.29.